The number of anilines is 1. The molecule has 29 heavy (non-hydrogen) atoms. The van der Waals surface area contributed by atoms with Crippen LogP contribution >= 0.6 is 11.6 Å². The average molecular weight is 437 g/mol. The van der Waals surface area contributed by atoms with E-state index in [4.69, 9.17) is 21.1 Å². The van der Waals surface area contributed by atoms with E-state index in [9.17, 15) is 13.2 Å². The maximum atomic E-state index is 13.0. The zero-order valence-corrected chi connectivity index (χ0v) is 17.2. The SMILES string of the molecule is O=C(c1cccc(S(=O)(=O)Nc2cccc(Cl)c2)c1)N1CCOC2(CCOC2)C1. The van der Waals surface area contributed by atoms with Crippen LogP contribution in [0.4, 0.5) is 5.69 Å². The molecule has 0 aliphatic carbocycles. The number of sulfonamides is 1. The molecule has 2 saturated heterocycles. The quantitative estimate of drug-likeness (QED) is 0.796. The van der Waals surface area contributed by atoms with E-state index < -0.39 is 15.6 Å². The molecule has 0 bridgehead atoms. The number of nitrogens with zero attached hydrogens (tertiary/aromatic N) is 1. The second-order valence-corrected chi connectivity index (χ2v) is 9.32. The number of ether oxygens (including phenoxy) is 2. The number of carbonyl (C=O) groups is 1. The van der Waals surface area contributed by atoms with Gasteiger partial charge in [-0.1, -0.05) is 23.7 Å². The molecule has 7 nitrogen and oxygen atoms in total. The Hall–Kier alpha value is -2.13. The van der Waals surface area contributed by atoms with Crippen LogP contribution in [-0.4, -0.2) is 57.7 Å². The van der Waals surface area contributed by atoms with Crippen molar-refractivity contribution in [3.05, 3.63) is 59.1 Å². The first-order chi connectivity index (χ1) is 13.9. The Balaban J connectivity index is 1.54. The van der Waals surface area contributed by atoms with Gasteiger partial charge in [-0.05, 0) is 36.4 Å². The molecule has 1 N–H and O–H groups in total. The fourth-order valence-corrected chi connectivity index (χ4v) is 4.88. The summed E-state index contributed by atoms with van der Waals surface area (Å²) in [6.07, 6.45) is 0.745. The summed E-state index contributed by atoms with van der Waals surface area (Å²) in [5, 5.41) is 0.422. The van der Waals surface area contributed by atoms with Gasteiger partial charge in [0.1, 0.15) is 5.60 Å². The van der Waals surface area contributed by atoms with E-state index >= 15 is 0 Å². The number of benzene rings is 2. The second kappa shape index (κ2) is 7.95. The van der Waals surface area contributed by atoms with Gasteiger partial charge in [0, 0.05) is 30.2 Å². The first-order valence-electron chi connectivity index (χ1n) is 9.26. The summed E-state index contributed by atoms with van der Waals surface area (Å²) in [5.41, 5.74) is 0.214. The standard InChI is InChI=1S/C20H21ClN2O5S/c21-16-4-2-5-17(12-16)22-29(25,26)18-6-1-3-15(11-18)19(24)23-8-10-28-20(13-23)7-9-27-14-20/h1-6,11-12,22H,7-10,13-14H2. The van der Waals surface area contributed by atoms with E-state index in [0.717, 1.165) is 6.42 Å². The number of hydrogen-bond acceptors (Lipinski definition) is 5. The number of nitrogens with one attached hydrogen (secondary N) is 1. The van der Waals surface area contributed by atoms with E-state index in [1.165, 1.54) is 18.2 Å². The zero-order valence-electron chi connectivity index (χ0n) is 15.6. The summed E-state index contributed by atoms with van der Waals surface area (Å²) in [7, 11) is -3.86. The lowest BCUT2D eigenvalue weighted by Gasteiger charge is -2.39. The maximum Gasteiger partial charge on any atom is 0.261 e. The molecule has 1 unspecified atom stereocenters. The van der Waals surface area contributed by atoms with Crippen molar-refractivity contribution in [3.63, 3.8) is 0 Å². The summed E-state index contributed by atoms with van der Waals surface area (Å²) in [5.74, 6) is -0.223. The summed E-state index contributed by atoms with van der Waals surface area (Å²) in [6.45, 7) is 2.41. The van der Waals surface area contributed by atoms with Gasteiger partial charge < -0.3 is 14.4 Å². The fourth-order valence-electron chi connectivity index (χ4n) is 3.59. The summed E-state index contributed by atoms with van der Waals surface area (Å²) >= 11 is 5.92. The molecular formula is C20H21ClN2O5S. The molecule has 4 rings (SSSR count). The third-order valence-corrected chi connectivity index (χ3v) is 6.68. The van der Waals surface area contributed by atoms with Crippen LogP contribution in [0.25, 0.3) is 0 Å². The van der Waals surface area contributed by atoms with Crippen LogP contribution in [0.2, 0.25) is 5.02 Å². The van der Waals surface area contributed by atoms with Crippen molar-refractivity contribution in [1.29, 1.82) is 0 Å². The van der Waals surface area contributed by atoms with E-state index in [0.29, 0.717) is 49.2 Å². The minimum Gasteiger partial charge on any atom is -0.378 e. The third-order valence-electron chi connectivity index (χ3n) is 5.07. The van der Waals surface area contributed by atoms with E-state index in [1.54, 1.807) is 35.2 Å². The van der Waals surface area contributed by atoms with Crippen molar-refractivity contribution >= 4 is 33.2 Å². The normalized spacial score (nSPS) is 22.0. The van der Waals surface area contributed by atoms with Crippen LogP contribution < -0.4 is 4.72 Å². The lowest BCUT2D eigenvalue weighted by atomic mass is 10.00. The molecule has 154 valence electrons. The van der Waals surface area contributed by atoms with Gasteiger partial charge in [0.2, 0.25) is 0 Å². The van der Waals surface area contributed by atoms with Crippen molar-refractivity contribution in [2.45, 2.75) is 16.9 Å². The highest BCUT2D eigenvalue weighted by Crippen LogP contribution is 2.28. The Kier molecular flexibility index (Phi) is 5.52. The van der Waals surface area contributed by atoms with Gasteiger partial charge in [-0.3, -0.25) is 9.52 Å². The Morgan fingerprint density at radius 2 is 1.97 bits per heavy atom. The number of carbonyl (C=O) groups excluding carboxylic acids is 1. The highest BCUT2D eigenvalue weighted by atomic mass is 35.5. The van der Waals surface area contributed by atoms with Crippen molar-refractivity contribution in [3.8, 4) is 0 Å². The Bertz CT molecular complexity index is 1020. The van der Waals surface area contributed by atoms with Crippen LogP contribution in [-0.2, 0) is 19.5 Å². The van der Waals surface area contributed by atoms with Gasteiger partial charge in [0.25, 0.3) is 15.9 Å². The van der Waals surface area contributed by atoms with Crippen LogP contribution in [0, 0.1) is 0 Å². The molecule has 2 aliphatic heterocycles. The molecule has 1 atom stereocenters. The van der Waals surface area contributed by atoms with Crippen molar-refractivity contribution in [2.75, 3.05) is 37.6 Å². The third kappa shape index (κ3) is 4.40. The Morgan fingerprint density at radius 3 is 2.72 bits per heavy atom. The molecule has 2 aliphatic rings. The fraction of sp³-hybridized carbons (Fsp3) is 0.350. The summed E-state index contributed by atoms with van der Waals surface area (Å²) in [4.78, 5) is 14.7. The second-order valence-electron chi connectivity index (χ2n) is 7.20. The molecule has 2 aromatic rings. The van der Waals surface area contributed by atoms with Gasteiger partial charge in [-0.25, -0.2) is 8.42 Å². The van der Waals surface area contributed by atoms with Gasteiger partial charge in [0.15, 0.2) is 0 Å². The average Bonchev–Trinajstić information content (AvgIpc) is 3.14. The molecule has 2 heterocycles. The largest absolute Gasteiger partial charge is 0.378 e. The van der Waals surface area contributed by atoms with E-state index in [-0.39, 0.29) is 10.8 Å². The Morgan fingerprint density at radius 1 is 1.14 bits per heavy atom. The van der Waals surface area contributed by atoms with E-state index in [1.807, 2.05) is 0 Å². The minimum atomic E-state index is -3.86. The van der Waals surface area contributed by atoms with Gasteiger partial charge in [-0.2, -0.15) is 0 Å². The van der Waals surface area contributed by atoms with Crippen LogP contribution in [0.15, 0.2) is 53.4 Å². The lowest BCUT2D eigenvalue weighted by molar-refractivity contribution is -0.0995. The number of amides is 1. The molecule has 2 aromatic carbocycles. The smallest absolute Gasteiger partial charge is 0.261 e. The number of halogens is 1. The Labute approximate surface area is 174 Å². The molecule has 1 spiro atoms. The van der Waals surface area contributed by atoms with Gasteiger partial charge in [0.05, 0.1) is 30.3 Å². The number of rotatable bonds is 4. The first kappa shape index (κ1) is 20.2. The van der Waals surface area contributed by atoms with Crippen LogP contribution in [0.5, 0.6) is 0 Å². The lowest BCUT2D eigenvalue weighted by Crippen LogP contribution is -2.54. The first-order valence-corrected chi connectivity index (χ1v) is 11.1. The molecule has 0 saturated carbocycles. The topological polar surface area (TPSA) is 84.9 Å². The maximum absolute atomic E-state index is 13.0. The van der Waals surface area contributed by atoms with Crippen LogP contribution in [0.1, 0.15) is 16.8 Å². The highest BCUT2D eigenvalue weighted by molar-refractivity contribution is 7.92. The van der Waals surface area contributed by atoms with Crippen molar-refractivity contribution in [2.24, 2.45) is 0 Å². The predicted molar refractivity (Wildman–Crippen MR) is 109 cm³/mol. The number of hydrogen-bond donors (Lipinski definition) is 1. The molecule has 0 radical (unpaired) electrons. The number of morpholine rings is 1. The molecular weight excluding hydrogens is 416 g/mol. The molecule has 2 fully saturated rings. The van der Waals surface area contributed by atoms with Gasteiger partial charge >= 0.3 is 0 Å². The molecule has 1 amide bonds. The van der Waals surface area contributed by atoms with Crippen molar-refractivity contribution in [1.82, 2.24) is 4.90 Å². The van der Waals surface area contributed by atoms with Crippen LogP contribution in [0.3, 0.4) is 0 Å². The van der Waals surface area contributed by atoms with E-state index in [2.05, 4.69) is 4.72 Å². The minimum absolute atomic E-state index is 0.00972. The predicted octanol–water partition coefficient (Wildman–Crippen LogP) is 2.77. The monoisotopic (exact) mass is 436 g/mol. The molecule has 0 aromatic heterocycles. The summed E-state index contributed by atoms with van der Waals surface area (Å²) in [6, 6.07) is 12.5. The summed E-state index contributed by atoms with van der Waals surface area (Å²) < 4.78 is 39.3. The van der Waals surface area contributed by atoms with Gasteiger partial charge in [-0.15, -0.1) is 0 Å². The van der Waals surface area contributed by atoms with Crippen molar-refractivity contribution < 1.29 is 22.7 Å². The molecule has 9 heteroatoms. The zero-order chi connectivity index (χ0) is 20.5. The highest BCUT2D eigenvalue weighted by Gasteiger charge is 2.41.